The van der Waals surface area contributed by atoms with Crippen LogP contribution in [0.15, 0.2) is 24.3 Å². The fraction of sp³-hybridized carbons (Fsp3) is 0.500. The summed E-state index contributed by atoms with van der Waals surface area (Å²) in [6.07, 6.45) is 2.45. The van der Waals surface area contributed by atoms with Gasteiger partial charge < -0.3 is 9.53 Å². The molecule has 0 N–H and O–H groups in total. The molecule has 1 fully saturated rings. The first-order valence-corrected chi connectivity index (χ1v) is 6.20. The molecule has 17 heavy (non-hydrogen) atoms. The van der Waals surface area contributed by atoms with E-state index in [4.69, 9.17) is 4.74 Å². The van der Waals surface area contributed by atoms with Crippen LogP contribution in [-0.2, 0) is 22.5 Å². The average Bonchev–Trinajstić information content (AvgIpc) is 2.39. The first-order valence-electron chi connectivity index (χ1n) is 6.20. The number of ether oxygens (including phenoxy) is 1. The van der Waals surface area contributed by atoms with Crippen LogP contribution in [0, 0.1) is 0 Å². The molecule has 0 radical (unpaired) electrons. The molecule has 0 amide bonds. The number of carbonyl (C=O) groups is 1. The lowest BCUT2D eigenvalue weighted by Gasteiger charge is -2.27. The number of hydrogen-bond acceptors (Lipinski definition) is 3. The van der Waals surface area contributed by atoms with Gasteiger partial charge in [0, 0.05) is 26.1 Å². The summed E-state index contributed by atoms with van der Waals surface area (Å²) in [5.41, 5.74) is 2.64. The second-order valence-corrected chi connectivity index (χ2v) is 4.36. The second-order valence-electron chi connectivity index (χ2n) is 4.36. The Kier molecular flexibility index (Phi) is 4.71. The molecule has 0 atom stereocenters. The SMILES string of the molecule is O=CCCc1ccccc1CN1CCOCC1. The van der Waals surface area contributed by atoms with Crippen molar-refractivity contribution in [2.45, 2.75) is 19.4 Å². The topological polar surface area (TPSA) is 29.5 Å². The summed E-state index contributed by atoms with van der Waals surface area (Å²) < 4.78 is 5.34. The Morgan fingerprint density at radius 1 is 1.18 bits per heavy atom. The maximum atomic E-state index is 10.5. The Morgan fingerprint density at radius 2 is 1.88 bits per heavy atom. The van der Waals surface area contributed by atoms with Gasteiger partial charge in [-0.3, -0.25) is 4.90 Å². The minimum atomic E-state index is 0.611. The maximum Gasteiger partial charge on any atom is 0.120 e. The third-order valence-corrected chi connectivity index (χ3v) is 3.15. The highest BCUT2D eigenvalue weighted by atomic mass is 16.5. The van der Waals surface area contributed by atoms with Crippen LogP contribution in [0.25, 0.3) is 0 Å². The van der Waals surface area contributed by atoms with Crippen LogP contribution in [-0.4, -0.2) is 37.5 Å². The molecule has 1 saturated heterocycles. The third-order valence-electron chi connectivity index (χ3n) is 3.15. The summed E-state index contributed by atoms with van der Waals surface area (Å²) in [4.78, 5) is 12.9. The quantitative estimate of drug-likeness (QED) is 0.724. The van der Waals surface area contributed by atoms with E-state index in [0.29, 0.717) is 6.42 Å². The number of nitrogens with zero attached hydrogens (tertiary/aromatic N) is 1. The number of carbonyl (C=O) groups excluding carboxylic acids is 1. The van der Waals surface area contributed by atoms with E-state index in [-0.39, 0.29) is 0 Å². The fourth-order valence-electron chi connectivity index (χ4n) is 2.17. The molecule has 0 aromatic heterocycles. The summed E-state index contributed by atoms with van der Waals surface area (Å²) in [5.74, 6) is 0. The average molecular weight is 233 g/mol. The predicted octanol–water partition coefficient (Wildman–Crippen LogP) is 1.65. The molecular weight excluding hydrogens is 214 g/mol. The van der Waals surface area contributed by atoms with E-state index in [1.165, 1.54) is 11.1 Å². The van der Waals surface area contributed by atoms with Gasteiger partial charge in [0.1, 0.15) is 6.29 Å². The Morgan fingerprint density at radius 3 is 2.59 bits per heavy atom. The molecule has 92 valence electrons. The normalized spacial score (nSPS) is 16.9. The molecule has 0 saturated carbocycles. The van der Waals surface area contributed by atoms with Gasteiger partial charge in [-0.05, 0) is 17.5 Å². The first-order chi connectivity index (χ1) is 8.40. The maximum absolute atomic E-state index is 10.5. The van der Waals surface area contributed by atoms with E-state index < -0.39 is 0 Å². The molecule has 1 aliphatic heterocycles. The Hall–Kier alpha value is -1.19. The number of rotatable bonds is 5. The van der Waals surface area contributed by atoms with Crippen LogP contribution >= 0.6 is 0 Å². The van der Waals surface area contributed by atoms with E-state index in [9.17, 15) is 4.79 Å². The van der Waals surface area contributed by atoms with E-state index in [1.807, 2.05) is 6.07 Å². The minimum absolute atomic E-state index is 0.611. The van der Waals surface area contributed by atoms with Crippen molar-refractivity contribution in [2.24, 2.45) is 0 Å². The molecule has 3 nitrogen and oxygen atoms in total. The smallest absolute Gasteiger partial charge is 0.120 e. The first kappa shape index (κ1) is 12.3. The van der Waals surface area contributed by atoms with Crippen LogP contribution in [0.4, 0.5) is 0 Å². The Labute approximate surface area is 102 Å². The van der Waals surface area contributed by atoms with Crippen LogP contribution in [0.2, 0.25) is 0 Å². The van der Waals surface area contributed by atoms with Gasteiger partial charge in [0.15, 0.2) is 0 Å². The van der Waals surface area contributed by atoms with Gasteiger partial charge in [-0.2, -0.15) is 0 Å². The highest BCUT2D eigenvalue weighted by molar-refractivity contribution is 5.50. The summed E-state index contributed by atoms with van der Waals surface area (Å²) in [6, 6.07) is 8.40. The van der Waals surface area contributed by atoms with Crippen LogP contribution in [0.5, 0.6) is 0 Å². The van der Waals surface area contributed by atoms with Gasteiger partial charge in [-0.25, -0.2) is 0 Å². The van der Waals surface area contributed by atoms with Gasteiger partial charge >= 0.3 is 0 Å². The Balaban J connectivity index is 2.00. The number of hydrogen-bond donors (Lipinski definition) is 0. The van der Waals surface area contributed by atoms with Crippen molar-refractivity contribution in [2.75, 3.05) is 26.3 Å². The molecule has 0 bridgehead atoms. The van der Waals surface area contributed by atoms with E-state index in [2.05, 4.69) is 23.1 Å². The minimum Gasteiger partial charge on any atom is -0.379 e. The van der Waals surface area contributed by atoms with Crippen molar-refractivity contribution < 1.29 is 9.53 Å². The zero-order valence-electron chi connectivity index (χ0n) is 10.1. The predicted molar refractivity (Wildman–Crippen MR) is 66.9 cm³/mol. The van der Waals surface area contributed by atoms with E-state index in [1.54, 1.807) is 0 Å². The Bertz CT molecular complexity index is 359. The van der Waals surface area contributed by atoms with Crippen LogP contribution in [0.1, 0.15) is 17.5 Å². The number of aryl methyl sites for hydroxylation is 1. The standard InChI is InChI=1S/C14H19NO2/c16-9-3-6-13-4-1-2-5-14(13)12-15-7-10-17-11-8-15/h1-2,4-5,9H,3,6-8,10-12H2. The van der Waals surface area contributed by atoms with Crippen LogP contribution in [0.3, 0.4) is 0 Å². The van der Waals surface area contributed by atoms with Crippen molar-refractivity contribution in [1.82, 2.24) is 4.90 Å². The number of benzene rings is 1. The van der Waals surface area contributed by atoms with Crippen molar-refractivity contribution in [3.8, 4) is 0 Å². The zero-order valence-corrected chi connectivity index (χ0v) is 10.1. The fourth-order valence-corrected chi connectivity index (χ4v) is 2.17. The van der Waals surface area contributed by atoms with Gasteiger partial charge in [0.25, 0.3) is 0 Å². The second kappa shape index (κ2) is 6.52. The van der Waals surface area contributed by atoms with Gasteiger partial charge in [-0.1, -0.05) is 24.3 Å². The van der Waals surface area contributed by atoms with Crippen molar-refractivity contribution in [3.63, 3.8) is 0 Å². The molecule has 1 aliphatic rings. The largest absolute Gasteiger partial charge is 0.379 e. The van der Waals surface area contributed by atoms with Crippen LogP contribution < -0.4 is 0 Å². The van der Waals surface area contributed by atoms with Gasteiger partial charge in [0.05, 0.1) is 13.2 Å². The zero-order chi connectivity index (χ0) is 11.9. The summed E-state index contributed by atoms with van der Waals surface area (Å²) in [7, 11) is 0. The van der Waals surface area contributed by atoms with Gasteiger partial charge in [-0.15, -0.1) is 0 Å². The number of morpholine rings is 1. The molecule has 1 heterocycles. The lowest BCUT2D eigenvalue weighted by Crippen LogP contribution is -2.35. The van der Waals surface area contributed by atoms with Crippen molar-refractivity contribution in [3.05, 3.63) is 35.4 Å². The lowest BCUT2D eigenvalue weighted by atomic mass is 10.0. The van der Waals surface area contributed by atoms with Gasteiger partial charge in [0.2, 0.25) is 0 Å². The summed E-state index contributed by atoms with van der Waals surface area (Å²) >= 11 is 0. The van der Waals surface area contributed by atoms with Crippen molar-refractivity contribution in [1.29, 1.82) is 0 Å². The molecule has 1 aromatic carbocycles. The van der Waals surface area contributed by atoms with E-state index in [0.717, 1.165) is 45.6 Å². The summed E-state index contributed by atoms with van der Waals surface area (Å²) in [6.45, 7) is 4.63. The highest BCUT2D eigenvalue weighted by Crippen LogP contribution is 2.14. The monoisotopic (exact) mass is 233 g/mol. The lowest BCUT2D eigenvalue weighted by molar-refractivity contribution is -0.107. The highest BCUT2D eigenvalue weighted by Gasteiger charge is 2.12. The third kappa shape index (κ3) is 3.65. The molecule has 0 spiro atoms. The molecule has 2 rings (SSSR count). The molecular formula is C14H19NO2. The summed E-state index contributed by atoms with van der Waals surface area (Å²) in [5, 5.41) is 0. The van der Waals surface area contributed by atoms with Crippen molar-refractivity contribution >= 4 is 6.29 Å². The molecule has 0 aliphatic carbocycles. The molecule has 0 unspecified atom stereocenters. The number of aldehydes is 1. The molecule has 3 heteroatoms. The van der Waals surface area contributed by atoms with E-state index >= 15 is 0 Å². The molecule has 1 aromatic rings.